The fraction of sp³-hybridized carbons (Fsp3) is 0.222. The van der Waals surface area contributed by atoms with Crippen molar-refractivity contribution in [3.8, 4) is 11.5 Å². The molecule has 0 radical (unpaired) electrons. The molecule has 0 atom stereocenters. The number of carbonyl (C=O) groups is 2. The average Bonchev–Trinajstić information content (AvgIpc) is 2.64. The quantitative estimate of drug-likeness (QED) is 0.796. The highest BCUT2D eigenvalue weighted by Gasteiger charge is 2.08. The first-order chi connectivity index (χ1) is 11.6. The third kappa shape index (κ3) is 5.01. The van der Waals surface area contributed by atoms with Crippen LogP contribution in [0.5, 0.6) is 11.5 Å². The molecular formula is C18H20N2O4. The van der Waals surface area contributed by atoms with E-state index in [0.717, 1.165) is 6.42 Å². The van der Waals surface area contributed by atoms with Crippen LogP contribution in [0, 0.1) is 0 Å². The molecular weight excluding hydrogens is 308 g/mol. The van der Waals surface area contributed by atoms with Crippen molar-refractivity contribution in [3.05, 3.63) is 59.7 Å². The third-order valence-electron chi connectivity index (χ3n) is 3.37. The first-order valence-corrected chi connectivity index (χ1v) is 7.57. The van der Waals surface area contributed by atoms with Crippen LogP contribution >= 0.6 is 0 Å². The lowest BCUT2D eigenvalue weighted by Crippen LogP contribution is -2.43. The zero-order valence-electron chi connectivity index (χ0n) is 13.7. The van der Waals surface area contributed by atoms with E-state index in [4.69, 9.17) is 9.47 Å². The number of methoxy groups -OCH3 is 1. The SMILES string of the molecule is CCc1ccc(OCC(=O)NNC(=O)c2ccc(OC)cc2)cc1. The topological polar surface area (TPSA) is 76.7 Å². The molecule has 2 rings (SSSR count). The first kappa shape index (κ1) is 17.3. The number of rotatable bonds is 6. The van der Waals surface area contributed by atoms with Crippen LogP contribution in [-0.4, -0.2) is 25.5 Å². The van der Waals surface area contributed by atoms with E-state index in [1.807, 2.05) is 24.3 Å². The molecule has 0 aliphatic rings. The Labute approximate surface area is 140 Å². The van der Waals surface area contributed by atoms with Gasteiger partial charge in [0.05, 0.1) is 7.11 Å². The second-order valence-electron chi connectivity index (χ2n) is 5.02. The summed E-state index contributed by atoms with van der Waals surface area (Å²) in [6, 6.07) is 14.0. The average molecular weight is 328 g/mol. The van der Waals surface area contributed by atoms with Crippen molar-refractivity contribution in [2.75, 3.05) is 13.7 Å². The summed E-state index contributed by atoms with van der Waals surface area (Å²) < 4.78 is 10.4. The summed E-state index contributed by atoms with van der Waals surface area (Å²) in [6.45, 7) is 1.88. The Morgan fingerprint density at radius 3 is 2.12 bits per heavy atom. The van der Waals surface area contributed by atoms with Gasteiger partial charge in [-0.1, -0.05) is 19.1 Å². The molecule has 0 saturated heterocycles. The number of nitrogens with one attached hydrogen (secondary N) is 2. The Morgan fingerprint density at radius 1 is 0.917 bits per heavy atom. The minimum absolute atomic E-state index is 0.186. The Hall–Kier alpha value is -3.02. The fourth-order valence-corrected chi connectivity index (χ4v) is 1.95. The Morgan fingerprint density at radius 2 is 1.54 bits per heavy atom. The van der Waals surface area contributed by atoms with Crippen LogP contribution < -0.4 is 20.3 Å². The van der Waals surface area contributed by atoms with Crippen LogP contribution in [0.3, 0.4) is 0 Å². The van der Waals surface area contributed by atoms with Crippen LogP contribution in [-0.2, 0) is 11.2 Å². The normalized spacial score (nSPS) is 9.92. The zero-order valence-corrected chi connectivity index (χ0v) is 13.7. The number of amides is 2. The van der Waals surface area contributed by atoms with Gasteiger partial charge < -0.3 is 9.47 Å². The van der Waals surface area contributed by atoms with Gasteiger partial charge in [-0.15, -0.1) is 0 Å². The van der Waals surface area contributed by atoms with Crippen LogP contribution in [0.25, 0.3) is 0 Å². The summed E-state index contributed by atoms with van der Waals surface area (Å²) in [4.78, 5) is 23.6. The van der Waals surface area contributed by atoms with E-state index in [1.165, 1.54) is 5.56 Å². The highest BCUT2D eigenvalue weighted by Crippen LogP contribution is 2.12. The predicted octanol–water partition coefficient (Wildman–Crippen LogP) is 2.10. The highest BCUT2D eigenvalue weighted by atomic mass is 16.5. The van der Waals surface area contributed by atoms with E-state index in [-0.39, 0.29) is 6.61 Å². The Bertz CT molecular complexity index is 681. The van der Waals surface area contributed by atoms with Crippen molar-refractivity contribution in [2.45, 2.75) is 13.3 Å². The second kappa shape index (κ2) is 8.57. The zero-order chi connectivity index (χ0) is 17.4. The molecule has 0 aromatic heterocycles. The van der Waals surface area contributed by atoms with E-state index in [0.29, 0.717) is 17.1 Å². The number of hydrogen-bond donors (Lipinski definition) is 2. The molecule has 0 aliphatic heterocycles. The molecule has 0 heterocycles. The molecule has 126 valence electrons. The van der Waals surface area contributed by atoms with Crippen LogP contribution in [0.4, 0.5) is 0 Å². The summed E-state index contributed by atoms with van der Waals surface area (Å²) in [6.07, 6.45) is 0.943. The standard InChI is InChI=1S/C18H20N2O4/c1-3-13-4-8-16(9-5-13)24-12-17(21)19-20-18(22)14-6-10-15(23-2)11-7-14/h4-11H,3,12H2,1-2H3,(H,19,21)(H,20,22). The predicted molar refractivity (Wildman–Crippen MR) is 89.9 cm³/mol. The van der Waals surface area contributed by atoms with Crippen LogP contribution in [0.15, 0.2) is 48.5 Å². The lowest BCUT2D eigenvalue weighted by atomic mass is 10.2. The summed E-state index contributed by atoms with van der Waals surface area (Å²) in [5.74, 6) is 0.386. The third-order valence-corrected chi connectivity index (χ3v) is 3.37. The fourth-order valence-electron chi connectivity index (χ4n) is 1.95. The van der Waals surface area contributed by atoms with Gasteiger partial charge in [0.15, 0.2) is 6.61 Å². The number of hydrogen-bond acceptors (Lipinski definition) is 4. The van der Waals surface area contributed by atoms with Gasteiger partial charge in [-0.25, -0.2) is 0 Å². The Kier molecular flexibility index (Phi) is 6.19. The van der Waals surface area contributed by atoms with Gasteiger partial charge >= 0.3 is 0 Å². The van der Waals surface area contributed by atoms with Crippen molar-refractivity contribution in [1.82, 2.24) is 10.9 Å². The lowest BCUT2D eigenvalue weighted by Gasteiger charge is -2.09. The molecule has 6 heteroatoms. The van der Waals surface area contributed by atoms with E-state index in [9.17, 15) is 9.59 Å². The summed E-state index contributed by atoms with van der Waals surface area (Å²) >= 11 is 0. The molecule has 0 bridgehead atoms. The molecule has 2 N–H and O–H groups in total. The Balaban J connectivity index is 1.76. The maximum absolute atomic E-state index is 11.9. The lowest BCUT2D eigenvalue weighted by molar-refractivity contribution is -0.123. The van der Waals surface area contributed by atoms with Crippen molar-refractivity contribution in [2.24, 2.45) is 0 Å². The van der Waals surface area contributed by atoms with Gasteiger partial charge in [-0.3, -0.25) is 20.4 Å². The molecule has 2 amide bonds. The number of aryl methyl sites for hydroxylation is 1. The molecule has 0 saturated carbocycles. The van der Waals surface area contributed by atoms with Crippen molar-refractivity contribution < 1.29 is 19.1 Å². The monoisotopic (exact) mass is 328 g/mol. The molecule has 0 fully saturated rings. The number of carbonyl (C=O) groups excluding carboxylic acids is 2. The maximum Gasteiger partial charge on any atom is 0.276 e. The molecule has 0 spiro atoms. The summed E-state index contributed by atoms with van der Waals surface area (Å²) in [5, 5.41) is 0. The van der Waals surface area contributed by atoms with Gasteiger partial charge in [0.1, 0.15) is 11.5 Å². The van der Waals surface area contributed by atoms with Crippen molar-refractivity contribution in [3.63, 3.8) is 0 Å². The molecule has 2 aromatic rings. The van der Waals surface area contributed by atoms with Gasteiger partial charge in [0, 0.05) is 5.56 Å². The van der Waals surface area contributed by atoms with Crippen LogP contribution in [0.2, 0.25) is 0 Å². The largest absolute Gasteiger partial charge is 0.497 e. The van der Waals surface area contributed by atoms with E-state index >= 15 is 0 Å². The van der Waals surface area contributed by atoms with Gasteiger partial charge in [0.25, 0.3) is 11.8 Å². The molecule has 0 unspecified atom stereocenters. The second-order valence-corrected chi connectivity index (χ2v) is 5.02. The molecule has 0 aliphatic carbocycles. The summed E-state index contributed by atoms with van der Waals surface area (Å²) in [7, 11) is 1.55. The van der Waals surface area contributed by atoms with Gasteiger partial charge in [-0.05, 0) is 48.4 Å². The van der Waals surface area contributed by atoms with E-state index < -0.39 is 11.8 Å². The number of benzene rings is 2. The molecule has 24 heavy (non-hydrogen) atoms. The molecule has 2 aromatic carbocycles. The van der Waals surface area contributed by atoms with Crippen molar-refractivity contribution >= 4 is 11.8 Å². The number of ether oxygens (including phenoxy) is 2. The van der Waals surface area contributed by atoms with E-state index in [1.54, 1.807) is 31.4 Å². The minimum atomic E-state index is -0.448. The first-order valence-electron chi connectivity index (χ1n) is 7.57. The van der Waals surface area contributed by atoms with Gasteiger partial charge in [0.2, 0.25) is 0 Å². The summed E-state index contributed by atoms with van der Waals surface area (Å²) in [5.41, 5.74) is 6.24. The maximum atomic E-state index is 11.9. The van der Waals surface area contributed by atoms with E-state index in [2.05, 4.69) is 17.8 Å². The number of hydrazine groups is 1. The van der Waals surface area contributed by atoms with Gasteiger partial charge in [-0.2, -0.15) is 0 Å². The smallest absolute Gasteiger partial charge is 0.276 e. The van der Waals surface area contributed by atoms with Crippen molar-refractivity contribution in [1.29, 1.82) is 0 Å². The molecule has 6 nitrogen and oxygen atoms in total. The minimum Gasteiger partial charge on any atom is -0.497 e. The highest BCUT2D eigenvalue weighted by molar-refractivity contribution is 5.95. The van der Waals surface area contributed by atoms with Crippen LogP contribution in [0.1, 0.15) is 22.8 Å².